The van der Waals surface area contributed by atoms with E-state index in [1.54, 1.807) is 17.0 Å². The number of thioether (sulfide) groups is 1. The molecule has 1 atom stereocenters. The third-order valence-corrected chi connectivity index (χ3v) is 5.47. The van der Waals surface area contributed by atoms with E-state index < -0.39 is 10.0 Å². The molecular weight excluding hydrogens is 332 g/mol. The molecule has 0 aromatic heterocycles. The first-order valence-corrected chi connectivity index (χ1v) is 9.58. The molecular formula is C13H17ClN2O3S2. The van der Waals surface area contributed by atoms with Gasteiger partial charge in [-0.05, 0) is 36.6 Å². The third-order valence-electron chi connectivity index (χ3n) is 3.28. The normalized spacial score (nSPS) is 19.0. The lowest BCUT2D eigenvalue weighted by Gasteiger charge is -2.16. The smallest absolute Gasteiger partial charge is 0.232 e. The van der Waals surface area contributed by atoms with Crippen molar-refractivity contribution in [3.05, 3.63) is 29.3 Å². The van der Waals surface area contributed by atoms with Crippen LogP contribution in [-0.2, 0) is 14.8 Å². The second-order valence-corrected chi connectivity index (χ2v) is 8.21. The van der Waals surface area contributed by atoms with Gasteiger partial charge in [-0.3, -0.25) is 4.79 Å². The van der Waals surface area contributed by atoms with Crippen LogP contribution >= 0.6 is 23.4 Å². The van der Waals surface area contributed by atoms with E-state index in [2.05, 4.69) is 0 Å². The number of hydrogen-bond donors (Lipinski definition) is 1. The number of sulfonamides is 1. The van der Waals surface area contributed by atoms with Crippen LogP contribution in [0.5, 0.6) is 0 Å². The minimum absolute atomic E-state index is 0.0202. The summed E-state index contributed by atoms with van der Waals surface area (Å²) in [4.78, 5) is 14.8. The molecule has 1 saturated heterocycles. The molecule has 2 N–H and O–H groups in total. The van der Waals surface area contributed by atoms with Gasteiger partial charge in [-0.25, -0.2) is 13.6 Å². The molecule has 2 rings (SSSR count). The number of primary sulfonamides is 1. The number of nitrogens with two attached hydrogens (primary N) is 1. The molecule has 1 heterocycles. The summed E-state index contributed by atoms with van der Waals surface area (Å²) in [7, 11) is -3.47. The molecule has 1 aromatic rings. The number of hydrogen-bond acceptors (Lipinski definition) is 4. The van der Waals surface area contributed by atoms with Gasteiger partial charge in [0.05, 0.1) is 11.5 Å². The first-order chi connectivity index (χ1) is 9.83. The van der Waals surface area contributed by atoms with Crippen LogP contribution in [0.2, 0.25) is 5.02 Å². The summed E-state index contributed by atoms with van der Waals surface area (Å²) >= 11 is 7.25. The molecule has 116 valence electrons. The van der Waals surface area contributed by atoms with Gasteiger partial charge < -0.3 is 4.90 Å². The van der Waals surface area contributed by atoms with Gasteiger partial charge in [0, 0.05) is 23.0 Å². The number of carbonyl (C=O) groups excluding carboxylic acids is 1. The van der Waals surface area contributed by atoms with Crippen LogP contribution < -0.4 is 5.14 Å². The van der Waals surface area contributed by atoms with Gasteiger partial charge in [-0.15, -0.1) is 11.8 Å². The number of nitrogens with zero attached hydrogens (tertiary/aromatic N) is 1. The first kappa shape index (κ1) is 16.6. The van der Waals surface area contributed by atoms with E-state index in [4.69, 9.17) is 16.7 Å². The van der Waals surface area contributed by atoms with E-state index in [-0.39, 0.29) is 17.6 Å². The van der Waals surface area contributed by atoms with E-state index >= 15 is 0 Å². The Kier molecular flexibility index (Phi) is 5.54. The molecule has 5 nitrogen and oxygen atoms in total. The zero-order chi connectivity index (χ0) is 15.5. The number of amides is 1. The predicted molar refractivity (Wildman–Crippen MR) is 84.8 cm³/mol. The van der Waals surface area contributed by atoms with Crippen LogP contribution in [0.1, 0.15) is 6.42 Å². The van der Waals surface area contributed by atoms with Crippen molar-refractivity contribution in [2.75, 3.05) is 24.6 Å². The third kappa shape index (κ3) is 5.50. The maximum atomic E-state index is 12.1. The minimum atomic E-state index is -3.47. The standard InChI is InChI=1S/C13H17ClN2O3S2/c14-11-1-3-12(4-2-11)20-8-13(17)16-6-5-10(7-16)9-21(15,18)19/h1-4,10H,5-9H2,(H2,15,18,19)/t10-/m1/s1. The highest BCUT2D eigenvalue weighted by Crippen LogP contribution is 2.23. The number of carbonyl (C=O) groups is 1. The summed E-state index contributed by atoms with van der Waals surface area (Å²) in [6.45, 7) is 1.07. The Morgan fingerprint density at radius 3 is 2.67 bits per heavy atom. The topological polar surface area (TPSA) is 80.5 Å². The second-order valence-electron chi connectivity index (χ2n) is 5.07. The van der Waals surface area contributed by atoms with Crippen molar-refractivity contribution >= 4 is 39.3 Å². The molecule has 0 unspecified atom stereocenters. The fourth-order valence-electron chi connectivity index (χ4n) is 2.29. The van der Waals surface area contributed by atoms with Crippen LogP contribution in [0.15, 0.2) is 29.2 Å². The highest BCUT2D eigenvalue weighted by molar-refractivity contribution is 8.00. The number of halogens is 1. The minimum Gasteiger partial charge on any atom is -0.342 e. The van der Waals surface area contributed by atoms with Crippen molar-refractivity contribution in [3.63, 3.8) is 0 Å². The van der Waals surface area contributed by atoms with Gasteiger partial charge in [0.25, 0.3) is 0 Å². The molecule has 0 bridgehead atoms. The summed E-state index contributed by atoms with van der Waals surface area (Å²) in [5.41, 5.74) is 0. The zero-order valence-corrected chi connectivity index (χ0v) is 13.8. The maximum Gasteiger partial charge on any atom is 0.232 e. The molecule has 1 fully saturated rings. The molecule has 8 heteroatoms. The quantitative estimate of drug-likeness (QED) is 0.819. The molecule has 1 aliphatic rings. The van der Waals surface area contributed by atoms with Gasteiger partial charge in [-0.1, -0.05) is 11.6 Å². The summed E-state index contributed by atoms with van der Waals surface area (Å²) in [5.74, 6) is 0.251. The fourth-order valence-corrected chi connectivity index (χ4v) is 4.15. The SMILES string of the molecule is NS(=O)(=O)C[C@@H]1CCN(C(=O)CSc2ccc(Cl)cc2)C1. The van der Waals surface area contributed by atoms with E-state index in [9.17, 15) is 13.2 Å². The van der Waals surface area contributed by atoms with Crippen LogP contribution in [-0.4, -0.2) is 43.8 Å². The zero-order valence-electron chi connectivity index (χ0n) is 11.4. The summed E-state index contributed by atoms with van der Waals surface area (Å²) in [5, 5.41) is 5.70. The lowest BCUT2D eigenvalue weighted by molar-refractivity contribution is -0.127. The van der Waals surface area contributed by atoms with Gasteiger partial charge >= 0.3 is 0 Å². The molecule has 1 aliphatic heterocycles. The van der Waals surface area contributed by atoms with E-state index in [1.807, 2.05) is 12.1 Å². The average Bonchev–Trinajstić information content (AvgIpc) is 2.84. The van der Waals surface area contributed by atoms with Crippen molar-refractivity contribution in [2.24, 2.45) is 11.1 Å². The first-order valence-electron chi connectivity index (χ1n) is 6.50. The summed E-state index contributed by atoms with van der Waals surface area (Å²) in [6.07, 6.45) is 0.688. The van der Waals surface area contributed by atoms with Crippen LogP contribution in [0, 0.1) is 5.92 Å². The molecule has 1 amide bonds. The van der Waals surface area contributed by atoms with Gasteiger partial charge in [-0.2, -0.15) is 0 Å². The fraction of sp³-hybridized carbons (Fsp3) is 0.462. The molecule has 21 heavy (non-hydrogen) atoms. The second kappa shape index (κ2) is 7.00. The van der Waals surface area contributed by atoms with E-state index in [1.165, 1.54) is 11.8 Å². The largest absolute Gasteiger partial charge is 0.342 e. The lowest BCUT2D eigenvalue weighted by atomic mass is 10.2. The summed E-state index contributed by atoms with van der Waals surface area (Å²) < 4.78 is 22.1. The van der Waals surface area contributed by atoms with Crippen LogP contribution in [0.25, 0.3) is 0 Å². The van der Waals surface area contributed by atoms with Crippen molar-refractivity contribution in [2.45, 2.75) is 11.3 Å². The predicted octanol–water partition coefficient (Wildman–Crippen LogP) is 1.57. The monoisotopic (exact) mass is 348 g/mol. The van der Waals surface area contributed by atoms with E-state index in [0.29, 0.717) is 30.3 Å². The number of likely N-dealkylation sites (tertiary alicyclic amines) is 1. The molecule has 0 spiro atoms. The van der Waals surface area contributed by atoms with Crippen molar-refractivity contribution < 1.29 is 13.2 Å². The Labute approximate surface area is 133 Å². The molecule has 0 saturated carbocycles. The van der Waals surface area contributed by atoms with Crippen LogP contribution in [0.4, 0.5) is 0 Å². The Morgan fingerprint density at radius 2 is 2.05 bits per heavy atom. The van der Waals surface area contributed by atoms with Crippen molar-refractivity contribution in [1.29, 1.82) is 0 Å². The number of benzene rings is 1. The Balaban J connectivity index is 1.80. The summed E-state index contributed by atoms with van der Waals surface area (Å²) in [6, 6.07) is 7.31. The van der Waals surface area contributed by atoms with Gasteiger partial charge in [0.1, 0.15) is 0 Å². The van der Waals surface area contributed by atoms with Crippen LogP contribution in [0.3, 0.4) is 0 Å². The Bertz CT molecular complexity index is 604. The van der Waals surface area contributed by atoms with Gasteiger partial charge in [0.15, 0.2) is 0 Å². The van der Waals surface area contributed by atoms with E-state index in [0.717, 1.165) is 4.90 Å². The highest BCUT2D eigenvalue weighted by atomic mass is 35.5. The molecule has 1 aromatic carbocycles. The highest BCUT2D eigenvalue weighted by Gasteiger charge is 2.28. The Morgan fingerprint density at radius 1 is 1.38 bits per heavy atom. The van der Waals surface area contributed by atoms with Gasteiger partial charge in [0.2, 0.25) is 15.9 Å². The number of rotatable bonds is 5. The lowest BCUT2D eigenvalue weighted by Crippen LogP contribution is -2.31. The average molecular weight is 349 g/mol. The van der Waals surface area contributed by atoms with Crippen molar-refractivity contribution in [3.8, 4) is 0 Å². The maximum absolute atomic E-state index is 12.1. The molecule has 0 radical (unpaired) electrons. The van der Waals surface area contributed by atoms with Crippen molar-refractivity contribution in [1.82, 2.24) is 4.90 Å². The molecule has 0 aliphatic carbocycles. The Hall–Kier alpha value is -0.760.